The molecule has 0 heterocycles. The topological polar surface area (TPSA) is 69.6 Å². The molecule has 0 aliphatic rings. The summed E-state index contributed by atoms with van der Waals surface area (Å²) >= 11 is 0. The molecule has 0 aromatic rings. The van der Waals surface area contributed by atoms with Gasteiger partial charge in [-0.2, -0.15) is 0 Å². The quantitative estimate of drug-likeness (QED) is 0.0420. The summed E-state index contributed by atoms with van der Waals surface area (Å²) in [4.78, 5) is 12.5. The highest BCUT2D eigenvalue weighted by Crippen LogP contribution is 2.16. The minimum Gasteiger partial charge on any atom is -0.394 e. The molecule has 2 unspecified atom stereocenters. The predicted octanol–water partition coefficient (Wildman–Crippen LogP) is 23.1. The Labute approximate surface area is 491 Å². The molecule has 2 atom stereocenters. The third kappa shape index (κ3) is 65.0. The van der Waals surface area contributed by atoms with Crippen molar-refractivity contribution in [3.63, 3.8) is 0 Å². The molecule has 0 aliphatic carbocycles. The van der Waals surface area contributed by atoms with Gasteiger partial charge in [-0.05, 0) is 116 Å². The number of amides is 1. The molecule has 0 fully saturated rings. The molecule has 0 saturated heterocycles. The van der Waals surface area contributed by atoms with Crippen LogP contribution in [0.2, 0.25) is 0 Å². The van der Waals surface area contributed by atoms with Crippen LogP contribution in [-0.2, 0) is 4.79 Å². The molecular weight excluding hydrogens is 963 g/mol. The maximum atomic E-state index is 12.5. The second kappa shape index (κ2) is 68.5. The highest BCUT2D eigenvalue weighted by molar-refractivity contribution is 5.76. The number of aliphatic hydroxyl groups is 2. The number of unbranched alkanes of at least 4 members (excludes halogenated alkanes) is 31. The van der Waals surface area contributed by atoms with Gasteiger partial charge in [0, 0.05) is 6.42 Å². The summed E-state index contributed by atoms with van der Waals surface area (Å²) < 4.78 is 0. The van der Waals surface area contributed by atoms with Crippen LogP contribution in [0.3, 0.4) is 0 Å². The van der Waals surface area contributed by atoms with Gasteiger partial charge < -0.3 is 15.5 Å². The Kier molecular flexibility index (Phi) is 65.3. The first-order valence-electron chi connectivity index (χ1n) is 33.5. The van der Waals surface area contributed by atoms with Gasteiger partial charge >= 0.3 is 0 Å². The van der Waals surface area contributed by atoms with E-state index in [-0.39, 0.29) is 12.5 Å². The fraction of sp³-hybridized carbons (Fsp3) is 0.667. The molecule has 3 N–H and O–H groups in total. The lowest BCUT2D eigenvalue weighted by molar-refractivity contribution is -0.123. The molecule has 4 nitrogen and oxygen atoms in total. The lowest BCUT2D eigenvalue weighted by Crippen LogP contribution is -2.45. The van der Waals surface area contributed by atoms with E-state index in [1.807, 2.05) is 6.08 Å². The van der Waals surface area contributed by atoms with Gasteiger partial charge in [-0.1, -0.05) is 327 Å². The van der Waals surface area contributed by atoms with Crippen molar-refractivity contribution in [2.24, 2.45) is 0 Å². The van der Waals surface area contributed by atoms with Crippen LogP contribution in [0.5, 0.6) is 0 Å². The standard InChI is InChI=1S/C75H127NO3/c1-3-5-7-9-11-13-15-17-19-21-23-25-27-29-31-32-33-34-35-36-37-38-39-40-41-42-43-44-45-47-49-51-53-55-57-59-61-63-65-67-69-71-75(79)76-73(72-77)74(78)70-68-66-64-62-60-58-56-54-52-50-48-46-30-28-26-24-22-20-18-16-14-12-10-8-6-4-2/h5,7,11,13,17,19,23,25,29,31,33-34,36-37,39-40,42-43,52,54,60,62,68,70,73-74,77-78H,3-4,6,8-10,12,14-16,18,20-22,24,26-28,30,32,35,38,41,44-51,53,55-59,61,63-67,69,71-72H2,1-2H3,(H,76,79)/b7-5-,13-11-,19-17-,25-23-,31-29-,34-33-,37-36-,40-39-,43-42-,54-52+,62-60+,70-68+. The summed E-state index contributed by atoms with van der Waals surface area (Å²) in [5, 5.41) is 23.2. The van der Waals surface area contributed by atoms with E-state index >= 15 is 0 Å². The van der Waals surface area contributed by atoms with Gasteiger partial charge in [0.25, 0.3) is 0 Å². The molecule has 450 valence electrons. The highest BCUT2D eigenvalue weighted by atomic mass is 16.3. The molecule has 0 aromatic carbocycles. The number of carbonyl (C=O) groups excluding carboxylic acids is 1. The molecule has 4 heteroatoms. The SMILES string of the molecule is CC/C=C\C/C=C\C/C=C\C/C=C\C/C=C\C/C=C\C/C=C\C/C=C\C/C=C\CCCCCCCCCCCCCCCC(=O)NC(CO)C(O)/C=C/CC/C=C/CC/C=C/CCCCCCCCCCCCCCCCCC. The van der Waals surface area contributed by atoms with E-state index in [4.69, 9.17) is 0 Å². The average Bonchev–Trinajstić information content (AvgIpc) is 3.45. The minimum absolute atomic E-state index is 0.0822. The van der Waals surface area contributed by atoms with E-state index in [1.165, 1.54) is 186 Å². The van der Waals surface area contributed by atoms with Gasteiger partial charge in [-0.3, -0.25) is 4.79 Å². The zero-order valence-electron chi connectivity index (χ0n) is 51.8. The van der Waals surface area contributed by atoms with Crippen LogP contribution in [0.15, 0.2) is 146 Å². The number of aliphatic hydroxyl groups excluding tert-OH is 2. The van der Waals surface area contributed by atoms with Crippen LogP contribution in [-0.4, -0.2) is 34.9 Å². The Morgan fingerprint density at radius 1 is 0.316 bits per heavy atom. The molecule has 0 bridgehead atoms. The van der Waals surface area contributed by atoms with E-state index in [1.54, 1.807) is 6.08 Å². The van der Waals surface area contributed by atoms with Crippen molar-refractivity contribution >= 4 is 5.91 Å². The lowest BCUT2D eigenvalue weighted by atomic mass is 10.0. The monoisotopic (exact) mass is 1090 g/mol. The van der Waals surface area contributed by atoms with Crippen LogP contribution >= 0.6 is 0 Å². The number of hydrogen-bond acceptors (Lipinski definition) is 3. The summed E-state index contributed by atoms with van der Waals surface area (Å²) in [5.74, 6) is -0.0822. The van der Waals surface area contributed by atoms with Crippen LogP contribution in [0, 0.1) is 0 Å². The molecule has 0 rings (SSSR count). The zero-order chi connectivity index (χ0) is 56.9. The third-order valence-corrected chi connectivity index (χ3v) is 14.5. The van der Waals surface area contributed by atoms with Crippen molar-refractivity contribution in [1.82, 2.24) is 5.32 Å². The maximum Gasteiger partial charge on any atom is 0.220 e. The second-order valence-corrected chi connectivity index (χ2v) is 22.1. The van der Waals surface area contributed by atoms with Gasteiger partial charge in [0.15, 0.2) is 0 Å². The Morgan fingerprint density at radius 2 is 0.570 bits per heavy atom. The first kappa shape index (κ1) is 75.3. The van der Waals surface area contributed by atoms with Crippen LogP contribution in [0.4, 0.5) is 0 Å². The van der Waals surface area contributed by atoms with Crippen molar-refractivity contribution in [2.75, 3.05) is 6.61 Å². The fourth-order valence-corrected chi connectivity index (χ4v) is 9.50. The number of carbonyl (C=O) groups is 1. The summed E-state index contributed by atoms with van der Waals surface area (Å²) in [6.45, 7) is 4.19. The third-order valence-electron chi connectivity index (χ3n) is 14.5. The van der Waals surface area contributed by atoms with Gasteiger partial charge in [-0.15, -0.1) is 0 Å². The van der Waals surface area contributed by atoms with Gasteiger partial charge in [0.05, 0.1) is 18.8 Å². The van der Waals surface area contributed by atoms with Crippen molar-refractivity contribution < 1.29 is 15.0 Å². The highest BCUT2D eigenvalue weighted by Gasteiger charge is 2.18. The number of rotatable bonds is 60. The first-order chi connectivity index (χ1) is 39.2. The second-order valence-electron chi connectivity index (χ2n) is 22.1. The maximum absolute atomic E-state index is 12.5. The summed E-state index contributed by atoms with van der Waals surface area (Å²) in [5.41, 5.74) is 0. The van der Waals surface area contributed by atoms with Crippen molar-refractivity contribution in [3.05, 3.63) is 146 Å². The lowest BCUT2D eigenvalue weighted by Gasteiger charge is -2.19. The Bertz CT molecular complexity index is 1620. The van der Waals surface area contributed by atoms with Crippen LogP contribution in [0.25, 0.3) is 0 Å². The van der Waals surface area contributed by atoms with E-state index in [0.717, 1.165) is 96.3 Å². The molecule has 0 radical (unpaired) electrons. The molecule has 0 aromatic heterocycles. The van der Waals surface area contributed by atoms with Crippen LogP contribution < -0.4 is 5.32 Å². The number of nitrogens with one attached hydrogen (secondary N) is 1. The largest absolute Gasteiger partial charge is 0.394 e. The first-order valence-corrected chi connectivity index (χ1v) is 33.5. The van der Waals surface area contributed by atoms with E-state index in [0.29, 0.717) is 6.42 Å². The molecule has 0 aliphatic heterocycles. The molecule has 0 spiro atoms. The average molecular weight is 1090 g/mol. The van der Waals surface area contributed by atoms with Crippen molar-refractivity contribution in [3.8, 4) is 0 Å². The van der Waals surface area contributed by atoms with Gasteiger partial charge in [0.2, 0.25) is 5.91 Å². The minimum atomic E-state index is -0.881. The smallest absolute Gasteiger partial charge is 0.220 e. The molecule has 0 saturated carbocycles. The van der Waals surface area contributed by atoms with E-state index in [9.17, 15) is 15.0 Å². The Hall–Kier alpha value is -3.73. The fourth-order valence-electron chi connectivity index (χ4n) is 9.50. The number of allylic oxidation sites excluding steroid dienone is 23. The van der Waals surface area contributed by atoms with E-state index in [2.05, 4.69) is 153 Å². The predicted molar refractivity (Wildman–Crippen MR) is 354 cm³/mol. The van der Waals surface area contributed by atoms with Gasteiger partial charge in [0.1, 0.15) is 0 Å². The van der Waals surface area contributed by atoms with Gasteiger partial charge in [-0.25, -0.2) is 0 Å². The molecular formula is C75H127NO3. The van der Waals surface area contributed by atoms with E-state index < -0.39 is 12.1 Å². The zero-order valence-corrected chi connectivity index (χ0v) is 51.8. The summed E-state index contributed by atoms with van der Waals surface area (Å²) in [6.07, 6.45) is 108. The van der Waals surface area contributed by atoms with Crippen LogP contribution in [0.1, 0.15) is 303 Å². The Balaban J connectivity index is 3.59. The van der Waals surface area contributed by atoms with Crippen molar-refractivity contribution in [1.29, 1.82) is 0 Å². The molecule has 1 amide bonds. The number of hydrogen-bond donors (Lipinski definition) is 3. The van der Waals surface area contributed by atoms with Crippen molar-refractivity contribution in [2.45, 2.75) is 315 Å². The Morgan fingerprint density at radius 3 is 0.886 bits per heavy atom. The summed E-state index contributed by atoms with van der Waals surface area (Å²) in [6, 6.07) is -0.657. The normalized spacial score (nSPS) is 13.7. The summed E-state index contributed by atoms with van der Waals surface area (Å²) in [7, 11) is 0. The molecule has 79 heavy (non-hydrogen) atoms.